The normalized spacial score (nSPS) is 19.4. The zero-order chi connectivity index (χ0) is 21.3. The second kappa shape index (κ2) is 9.15. The van der Waals surface area contributed by atoms with Gasteiger partial charge in [-0.05, 0) is 67.0 Å². The maximum absolute atomic E-state index is 12.4. The van der Waals surface area contributed by atoms with Gasteiger partial charge >= 0.3 is 5.97 Å². The summed E-state index contributed by atoms with van der Waals surface area (Å²) in [5, 5.41) is 0.613. The first kappa shape index (κ1) is 22.9. The van der Waals surface area contributed by atoms with Crippen LogP contribution in [0, 0.1) is 17.3 Å². The number of carbonyl (C=O) groups is 1. The zero-order valence-corrected chi connectivity index (χ0v) is 20.8. The molecule has 1 heterocycles. The molecule has 3 rings (SSSR count). The van der Waals surface area contributed by atoms with Gasteiger partial charge in [0, 0.05) is 0 Å². The van der Waals surface area contributed by atoms with Gasteiger partial charge in [-0.1, -0.05) is 66.9 Å². The average Bonchev–Trinajstić information content (AvgIpc) is 3.18. The number of pyridine rings is 1. The van der Waals surface area contributed by atoms with E-state index in [0.717, 1.165) is 8.96 Å². The molecule has 1 aromatic heterocycles. The SMILES string of the molecule is CC1(C)C(C=C(Br)Br)C1C(=O)OCc1ccc(Oc2nc(Cl)c(Cl)cc2Cl)cc1. The highest BCUT2D eigenvalue weighted by atomic mass is 79.9. The van der Waals surface area contributed by atoms with E-state index < -0.39 is 0 Å². The van der Waals surface area contributed by atoms with Gasteiger partial charge in [-0.2, -0.15) is 4.98 Å². The molecule has 0 N–H and O–H groups in total. The summed E-state index contributed by atoms with van der Waals surface area (Å²) in [6, 6.07) is 8.55. The van der Waals surface area contributed by atoms with Gasteiger partial charge in [-0.15, -0.1) is 0 Å². The van der Waals surface area contributed by atoms with Gasteiger partial charge < -0.3 is 9.47 Å². The van der Waals surface area contributed by atoms with Crippen molar-refractivity contribution in [3.8, 4) is 11.6 Å². The lowest BCUT2D eigenvalue weighted by Crippen LogP contribution is -2.10. The molecular weight excluding hydrogens is 568 g/mol. The van der Waals surface area contributed by atoms with Gasteiger partial charge in [0.25, 0.3) is 0 Å². The molecule has 1 aliphatic rings. The number of aromatic nitrogens is 1. The van der Waals surface area contributed by atoms with Crippen molar-refractivity contribution in [3.63, 3.8) is 0 Å². The third-order valence-electron chi connectivity index (χ3n) is 4.84. The quantitative estimate of drug-likeness (QED) is 0.257. The molecule has 0 bridgehead atoms. The molecule has 2 atom stereocenters. The Morgan fingerprint density at radius 3 is 2.45 bits per heavy atom. The predicted molar refractivity (Wildman–Crippen MR) is 122 cm³/mol. The number of hydrogen-bond donors (Lipinski definition) is 0. The van der Waals surface area contributed by atoms with E-state index in [2.05, 4.69) is 50.7 Å². The van der Waals surface area contributed by atoms with E-state index in [9.17, 15) is 4.79 Å². The van der Waals surface area contributed by atoms with E-state index in [4.69, 9.17) is 44.3 Å². The molecule has 4 nitrogen and oxygen atoms in total. The Morgan fingerprint density at radius 2 is 1.83 bits per heavy atom. The molecule has 2 aromatic rings. The maximum atomic E-state index is 12.4. The van der Waals surface area contributed by atoms with Crippen molar-refractivity contribution in [1.82, 2.24) is 4.98 Å². The van der Waals surface area contributed by atoms with E-state index in [0.29, 0.717) is 5.75 Å². The fourth-order valence-electron chi connectivity index (χ4n) is 3.08. The van der Waals surface area contributed by atoms with Crippen molar-refractivity contribution >= 4 is 72.6 Å². The number of ether oxygens (including phenoxy) is 2. The summed E-state index contributed by atoms with van der Waals surface area (Å²) in [5.74, 6) is 0.461. The highest BCUT2D eigenvalue weighted by Gasteiger charge is 2.61. The minimum absolute atomic E-state index is 0.109. The number of rotatable bonds is 6. The second-order valence-corrected chi connectivity index (χ2v) is 11.1. The standard InChI is InChI=1S/C20H16Br2Cl3NO3/c1-20(2)12(7-15(21)22)16(20)19(27)28-9-10-3-5-11(6-4-10)29-18-14(24)8-13(23)17(25)26-18/h3-8,12,16H,9H2,1-2H3. The second-order valence-electron chi connectivity index (χ2n) is 7.18. The van der Waals surface area contributed by atoms with Crippen molar-refractivity contribution in [1.29, 1.82) is 0 Å². The Labute approximate surface area is 200 Å². The van der Waals surface area contributed by atoms with Crippen LogP contribution in [0.25, 0.3) is 0 Å². The molecule has 1 saturated carbocycles. The largest absolute Gasteiger partial charge is 0.461 e. The topological polar surface area (TPSA) is 48.4 Å². The van der Waals surface area contributed by atoms with Crippen LogP contribution in [-0.2, 0) is 16.1 Å². The number of benzene rings is 1. The monoisotopic (exact) mass is 581 g/mol. The van der Waals surface area contributed by atoms with E-state index in [1.54, 1.807) is 24.3 Å². The summed E-state index contributed by atoms with van der Waals surface area (Å²) in [4.78, 5) is 16.5. The first-order valence-electron chi connectivity index (χ1n) is 8.57. The van der Waals surface area contributed by atoms with Crippen molar-refractivity contribution in [2.24, 2.45) is 17.3 Å². The Hall–Kier alpha value is -0.790. The number of carbonyl (C=O) groups excluding carboxylic acids is 1. The number of allylic oxidation sites excluding steroid dienone is 1. The Morgan fingerprint density at radius 1 is 1.17 bits per heavy atom. The zero-order valence-electron chi connectivity index (χ0n) is 15.4. The molecule has 0 spiro atoms. The molecule has 1 aromatic carbocycles. The third-order valence-corrected chi connectivity index (χ3v) is 6.32. The van der Waals surface area contributed by atoms with Gasteiger partial charge in [0.15, 0.2) is 5.15 Å². The molecule has 1 aliphatic carbocycles. The maximum Gasteiger partial charge on any atom is 0.310 e. The van der Waals surface area contributed by atoms with E-state index >= 15 is 0 Å². The molecule has 0 radical (unpaired) electrons. The van der Waals surface area contributed by atoms with Gasteiger partial charge in [-0.25, -0.2) is 0 Å². The van der Waals surface area contributed by atoms with Crippen LogP contribution in [0.3, 0.4) is 0 Å². The lowest BCUT2D eigenvalue weighted by Gasteiger charge is -2.09. The van der Waals surface area contributed by atoms with E-state index in [1.807, 2.05) is 6.08 Å². The molecule has 0 saturated heterocycles. The molecule has 0 aliphatic heterocycles. The molecule has 1 fully saturated rings. The Balaban J connectivity index is 1.58. The van der Waals surface area contributed by atoms with Crippen molar-refractivity contribution in [2.45, 2.75) is 20.5 Å². The van der Waals surface area contributed by atoms with Crippen molar-refractivity contribution in [3.05, 3.63) is 60.6 Å². The van der Waals surface area contributed by atoms with Crippen LogP contribution >= 0.6 is 66.7 Å². The number of hydrogen-bond acceptors (Lipinski definition) is 4. The third kappa shape index (κ3) is 5.47. The average molecular weight is 585 g/mol. The molecular formula is C20H16Br2Cl3NO3. The summed E-state index contributed by atoms with van der Waals surface area (Å²) < 4.78 is 12.0. The van der Waals surface area contributed by atoms with Crippen LogP contribution in [0.1, 0.15) is 19.4 Å². The van der Waals surface area contributed by atoms with Gasteiger partial charge in [0.05, 0.1) is 14.3 Å². The van der Waals surface area contributed by atoms with Crippen LogP contribution < -0.4 is 4.74 Å². The molecule has 29 heavy (non-hydrogen) atoms. The smallest absolute Gasteiger partial charge is 0.310 e. The summed E-state index contributed by atoms with van der Waals surface area (Å²) in [6.45, 7) is 4.29. The van der Waals surface area contributed by atoms with Gasteiger partial charge in [-0.3, -0.25) is 4.79 Å². The fraction of sp³-hybridized carbons (Fsp3) is 0.300. The van der Waals surface area contributed by atoms with Crippen LogP contribution in [-0.4, -0.2) is 11.0 Å². The van der Waals surface area contributed by atoms with Crippen LogP contribution in [0.2, 0.25) is 15.2 Å². The fourth-order valence-corrected chi connectivity index (χ4v) is 4.18. The van der Waals surface area contributed by atoms with Crippen LogP contribution in [0.4, 0.5) is 0 Å². The summed E-state index contributed by atoms with van der Waals surface area (Å²) in [6.07, 6.45) is 1.99. The Bertz CT molecular complexity index is 960. The van der Waals surface area contributed by atoms with Gasteiger partial charge in [0.1, 0.15) is 17.4 Å². The highest BCUT2D eigenvalue weighted by molar-refractivity contribution is 9.28. The van der Waals surface area contributed by atoms with E-state index in [1.165, 1.54) is 6.07 Å². The van der Waals surface area contributed by atoms with E-state index in [-0.39, 0.29) is 50.9 Å². The highest BCUT2D eigenvalue weighted by Crippen LogP contribution is 2.60. The minimum Gasteiger partial charge on any atom is -0.461 e. The molecule has 9 heteroatoms. The van der Waals surface area contributed by atoms with Crippen molar-refractivity contribution < 1.29 is 14.3 Å². The van der Waals surface area contributed by atoms with Crippen molar-refractivity contribution in [2.75, 3.05) is 0 Å². The first-order valence-corrected chi connectivity index (χ1v) is 11.3. The predicted octanol–water partition coefficient (Wildman–Crippen LogP) is 7.78. The van der Waals surface area contributed by atoms with Gasteiger partial charge in [0.2, 0.25) is 5.88 Å². The summed E-state index contributed by atoms with van der Waals surface area (Å²) in [5.41, 5.74) is 0.722. The number of esters is 1. The number of halogens is 5. The molecule has 0 amide bonds. The van der Waals surface area contributed by atoms with Crippen LogP contribution in [0.5, 0.6) is 11.6 Å². The lowest BCUT2D eigenvalue weighted by atomic mass is 10.1. The van der Waals surface area contributed by atoms with Crippen LogP contribution in [0.15, 0.2) is 39.8 Å². The minimum atomic E-state index is -0.204. The summed E-state index contributed by atoms with van der Waals surface area (Å²) in [7, 11) is 0. The lowest BCUT2D eigenvalue weighted by molar-refractivity contribution is -0.147. The molecule has 154 valence electrons. The molecule has 2 unspecified atom stereocenters. The number of nitrogens with zero attached hydrogens (tertiary/aromatic N) is 1. The Kier molecular flexibility index (Phi) is 7.22. The first-order chi connectivity index (χ1) is 13.6. The summed E-state index contributed by atoms with van der Waals surface area (Å²) >= 11 is 24.5.